The number of phenolic OH excluding ortho intramolecular Hbond substituents is 1. The molecule has 0 atom stereocenters. The third-order valence-electron chi connectivity index (χ3n) is 4.54. The molecule has 0 aliphatic carbocycles. The van der Waals surface area contributed by atoms with Crippen molar-refractivity contribution in [3.63, 3.8) is 0 Å². The molecule has 1 aliphatic heterocycles. The fourth-order valence-corrected chi connectivity index (χ4v) is 3.74. The number of likely N-dealkylation sites (tertiary alicyclic amines) is 1. The second-order valence-electron chi connectivity index (χ2n) is 6.87. The van der Waals surface area contributed by atoms with E-state index in [1.165, 1.54) is 30.6 Å². The molecule has 0 spiro atoms. The first kappa shape index (κ1) is 17.9. The summed E-state index contributed by atoms with van der Waals surface area (Å²) in [7, 11) is 0. The van der Waals surface area contributed by atoms with Crippen LogP contribution in [0.25, 0.3) is 0 Å². The van der Waals surface area contributed by atoms with Crippen molar-refractivity contribution >= 4 is 22.4 Å². The van der Waals surface area contributed by atoms with Crippen LogP contribution in [0.1, 0.15) is 60.6 Å². The predicted molar refractivity (Wildman–Crippen MR) is 101 cm³/mol. The van der Waals surface area contributed by atoms with E-state index in [1.54, 1.807) is 12.1 Å². The third kappa shape index (κ3) is 4.58. The maximum atomic E-state index is 12.5. The van der Waals surface area contributed by atoms with E-state index >= 15 is 0 Å². The zero-order valence-corrected chi connectivity index (χ0v) is 15.6. The average molecular weight is 359 g/mol. The molecule has 1 aromatic carbocycles. The lowest BCUT2D eigenvalue weighted by Crippen LogP contribution is -2.29. The molecule has 5 nitrogen and oxygen atoms in total. The van der Waals surface area contributed by atoms with Crippen molar-refractivity contribution in [2.45, 2.75) is 45.6 Å². The van der Waals surface area contributed by atoms with Crippen LogP contribution in [0.3, 0.4) is 0 Å². The fraction of sp³-hybridized carbons (Fsp3) is 0.474. The van der Waals surface area contributed by atoms with Crippen LogP contribution in [0, 0.1) is 0 Å². The molecule has 0 saturated carbocycles. The summed E-state index contributed by atoms with van der Waals surface area (Å²) in [6, 6.07) is 5.17. The maximum Gasteiger partial charge on any atom is 0.261 e. The Labute approximate surface area is 152 Å². The van der Waals surface area contributed by atoms with E-state index in [-0.39, 0.29) is 11.7 Å². The Hall–Kier alpha value is -1.92. The van der Waals surface area contributed by atoms with Crippen molar-refractivity contribution < 1.29 is 9.90 Å². The van der Waals surface area contributed by atoms with Gasteiger partial charge in [0.2, 0.25) is 0 Å². The molecule has 134 valence electrons. The Morgan fingerprint density at radius 3 is 2.80 bits per heavy atom. The summed E-state index contributed by atoms with van der Waals surface area (Å²) < 4.78 is 0. The van der Waals surface area contributed by atoms with Gasteiger partial charge in [-0.05, 0) is 49.5 Å². The quantitative estimate of drug-likeness (QED) is 0.839. The van der Waals surface area contributed by atoms with Crippen LogP contribution in [0.5, 0.6) is 5.75 Å². The number of hydrogen-bond donors (Lipinski definition) is 2. The van der Waals surface area contributed by atoms with Gasteiger partial charge in [-0.3, -0.25) is 15.0 Å². The van der Waals surface area contributed by atoms with Gasteiger partial charge >= 0.3 is 0 Å². The molecule has 6 heteroatoms. The number of anilines is 1. The van der Waals surface area contributed by atoms with E-state index in [2.05, 4.69) is 29.0 Å². The van der Waals surface area contributed by atoms with Crippen LogP contribution >= 0.6 is 11.3 Å². The van der Waals surface area contributed by atoms with E-state index in [0.717, 1.165) is 30.9 Å². The molecule has 0 bridgehead atoms. The van der Waals surface area contributed by atoms with Gasteiger partial charge in [-0.15, -0.1) is 11.3 Å². The molecule has 2 heterocycles. The van der Waals surface area contributed by atoms with E-state index in [9.17, 15) is 9.90 Å². The zero-order valence-electron chi connectivity index (χ0n) is 14.8. The minimum atomic E-state index is -0.320. The molecule has 1 amide bonds. The van der Waals surface area contributed by atoms with E-state index < -0.39 is 0 Å². The minimum absolute atomic E-state index is 0.00741. The van der Waals surface area contributed by atoms with Gasteiger partial charge < -0.3 is 5.11 Å². The zero-order chi connectivity index (χ0) is 17.8. The molecule has 25 heavy (non-hydrogen) atoms. The highest BCUT2D eigenvalue weighted by Crippen LogP contribution is 2.25. The predicted octanol–water partition coefficient (Wildman–Crippen LogP) is 4.21. The first-order chi connectivity index (χ1) is 12.0. The molecule has 2 aromatic rings. The standard InChI is InChI=1S/C19H25N3O2S/c1-13(2)14-6-7-17(23)16(10-14)18(24)21-19-20-15(12-25-19)11-22-8-4-3-5-9-22/h6-7,10,12-13,23H,3-5,8-9,11H2,1-2H3,(H,20,21,24). The second kappa shape index (κ2) is 7.97. The molecule has 1 aromatic heterocycles. The Morgan fingerprint density at radius 2 is 2.08 bits per heavy atom. The number of amides is 1. The smallest absolute Gasteiger partial charge is 0.261 e. The number of rotatable bonds is 5. The number of aromatic nitrogens is 1. The van der Waals surface area contributed by atoms with Crippen molar-refractivity contribution in [1.29, 1.82) is 0 Å². The third-order valence-corrected chi connectivity index (χ3v) is 5.34. The van der Waals surface area contributed by atoms with Crippen LogP contribution in [0.4, 0.5) is 5.13 Å². The molecule has 1 aliphatic rings. The normalized spacial score (nSPS) is 15.5. The lowest BCUT2D eigenvalue weighted by molar-refractivity contribution is 0.102. The monoisotopic (exact) mass is 359 g/mol. The number of hydrogen-bond acceptors (Lipinski definition) is 5. The number of nitrogens with zero attached hydrogens (tertiary/aromatic N) is 2. The summed E-state index contributed by atoms with van der Waals surface area (Å²) in [4.78, 5) is 19.4. The highest BCUT2D eigenvalue weighted by Gasteiger charge is 2.16. The van der Waals surface area contributed by atoms with Gasteiger partial charge in [0.15, 0.2) is 5.13 Å². The Kier molecular flexibility index (Phi) is 5.71. The van der Waals surface area contributed by atoms with Crippen LogP contribution in [-0.2, 0) is 6.54 Å². The van der Waals surface area contributed by atoms with Crippen LogP contribution in [-0.4, -0.2) is 34.0 Å². The molecule has 3 rings (SSSR count). The average Bonchev–Trinajstić information content (AvgIpc) is 3.02. The van der Waals surface area contributed by atoms with Crippen molar-refractivity contribution in [3.8, 4) is 5.75 Å². The Balaban J connectivity index is 1.66. The summed E-state index contributed by atoms with van der Waals surface area (Å²) in [5.41, 5.74) is 2.30. The minimum Gasteiger partial charge on any atom is -0.507 e. The number of benzene rings is 1. The summed E-state index contributed by atoms with van der Waals surface area (Å²) in [6.07, 6.45) is 3.81. The molecule has 1 fully saturated rings. The lowest BCUT2D eigenvalue weighted by atomic mass is 10.00. The van der Waals surface area contributed by atoms with Gasteiger partial charge in [-0.25, -0.2) is 4.98 Å². The van der Waals surface area contributed by atoms with Gasteiger partial charge in [-0.2, -0.15) is 0 Å². The summed E-state index contributed by atoms with van der Waals surface area (Å²) in [5.74, 6) is -0.0333. The van der Waals surface area contributed by atoms with Crippen molar-refractivity contribution in [1.82, 2.24) is 9.88 Å². The second-order valence-corrected chi connectivity index (χ2v) is 7.72. The van der Waals surface area contributed by atoms with Gasteiger partial charge in [0, 0.05) is 11.9 Å². The molecule has 2 N–H and O–H groups in total. The van der Waals surface area contributed by atoms with Gasteiger partial charge in [-0.1, -0.05) is 26.3 Å². The number of phenols is 1. The highest BCUT2D eigenvalue weighted by molar-refractivity contribution is 7.14. The SMILES string of the molecule is CC(C)c1ccc(O)c(C(=O)Nc2nc(CN3CCCCC3)cs2)c1. The first-order valence-electron chi connectivity index (χ1n) is 8.84. The molecule has 0 unspecified atom stereocenters. The summed E-state index contributed by atoms with van der Waals surface area (Å²) >= 11 is 1.43. The molecule has 1 saturated heterocycles. The Morgan fingerprint density at radius 1 is 1.32 bits per heavy atom. The van der Waals surface area contributed by atoms with Gasteiger partial charge in [0.25, 0.3) is 5.91 Å². The molecule has 0 radical (unpaired) electrons. The van der Waals surface area contributed by atoms with Gasteiger partial charge in [0.05, 0.1) is 11.3 Å². The number of carbonyl (C=O) groups excluding carboxylic acids is 1. The Bertz CT molecular complexity index is 736. The first-order valence-corrected chi connectivity index (χ1v) is 9.72. The lowest BCUT2D eigenvalue weighted by Gasteiger charge is -2.25. The highest BCUT2D eigenvalue weighted by atomic mass is 32.1. The number of piperidine rings is 1. The number of nitrogens with one attached hydrogen (secondary N) is 1. The summed E-state index contributed by atoms with van der Waals surface area (Å²) in [5, 5.41) is 15.4. The topological polar surface area (TPSA) is 65.5 Å². The van der Waals surface area contributed by atoms with E-state index in [0.29, 0.717) is 16.6 Å². The van der Waals surface area contributed by atoms with Crippen molar-refractivity contribution in [2.75, 3.05) is 18.4 Å². The van der Waals surface area contributed by atoms with E-state index in [4.69, 9.17) is 0 Å². The summed E-state index contributed by atoms with van der Waals surface area (Å²) in [6.45, 7) is 7.19. The molecular weight excluding hydrogens is 334 g/mol. The largest absolute Gasteiger partial charge is 0.507 e. The number of carbonyl (C=O) groups is 1. The van der Waals surface area contributed by atoms with Gasteiger partial charge in [0.1, 0.15) is 5.75 Å². The maximum absolute atomic E-state index is 12.5. The van der Waals surface area contributed by atoms with Crippen LogP contribution in [0.15, 0.2) is 23.6 Å². The number of thiazole rings is 1. The number of aromatic hydroxyl groups is 1. The van der Waals surface area contributed by atoms with E-state index in [1.807, 2.05) is 11.4 Å². The van der Waals surface area contributed by atoms with Crippen LogP contribution in [0.2, 0.25) is 0 Å². The molecular formula is C19H25N3O2S. The van der Waals surface area contributed by atoms with Crippen molar-refractivity contribution in [3.05, 3.63) is 40.4 Å². The van der Waals surface area contributed by atoms with Crippen LogP contribution < -0.4 is 5.32 Å². The fourth-order valence-electron chi connectivity index (χ4n) is 3.04. The van der Waals surface area contributed by atoms with Crippen molar-refractivity contribution in [2.24, 2.45) is 0 Å².